The molecule has 2 aromatic rings. The van der Waals surface area contributed by atoms with E-state index in [2.05, 4.69) is 10.4 Å². The molecular weight excluding hydrogens is 274 g/mol. The molecule has 0 saturated heterocycles. The van der Waals surface area contributed by atoms with E-state index in [4.69, 9.17) is 14.6 Å². The van der Waals surface area contributed by atoms with Gasteiger partial charge in [0.15, 0.2) is 0 Å². The lowest BCUT2D eigenvalue weighted by Crippen LogP contribution is -2.10. The van der Waals surface area contributed by atoms with Crippen LogP contribution >= 0.6 is 0 Å². The molecule has 0 radical (unpaired) electrons. The Hall–Kier alpha value is -2.70. The normalized spacial score (nSPS) is 10.2. The first kappa shape index (κ1) is 14.7. The van der Waals surface area contributed by atoms with E-state index in [1.165, 1.54) is 10.9 Å². The number of benzene rings is 1. The van der Waals surface area contributed by atoms with Crippen molar-refractivity contribution in [2.24, 2.45) is 7.05 Å². The number of carbonyl (C=O) groups is 1. The molecular formula is C14H17N3O4. The SMILES string of the molecule is COc1cc(NCc2c(C(=O)O)cnn2C)cc(OC)c1. The van der Waals surface area contributed by atoms with Crippen molar-refractivity contribution < 1.29 is 19.4 Å². The molecule has 7 nitrogen and oxygen atoms in total. The van der Waals surface area contributed by atoms with Gasteiger partial charge in [-0.1, -0.05) is 0 Å². The van der Waals surface area contributed by atoms with Gasteiger partial charge in [-0.15, -0.1) is 0 Å². The predicted molar refractivity (Wildman–Crippen MR) is 77.0 cm³/mol. The molecule has 1 aromatic carbocycles. The average molecular weight is 291 g/mol. The Morgan fingerprint density at radius 2 is 1.90 bits per heavy atom. The summed E-state index contributed by atoms with van der Waals surface area (Å²) < 4.78 is 11.9. The highest BCUT2D eigenvalue weighted by molar-refractivity contribution is 5.88. The van der Waals surface area contributed by atoms with Crippen LogP contribution in [0.1, 0.15) is 16.1 Å². The van der Waals surface area contributed by atoms with Crippen LogP contribution in [0.3, 0.4) is 0 Å². The zero-order valence-corrected chi connectivity index (χ0v) is 12.1. The highest BCUT2D eigenvalue weighted by Gasteiger charge is 2.14. The topological polar surface area (TPSA) is 85.6 Å². The number of anilines is 1. The molecule has 112 valence electrons. The van der Waals surface area contributed by atoms with E-state index in [0.29, 0.717) is 23.7 Å². The van der Waals surface area contributed by atoms with E-state index < -0.39 is 5.97 Å². The van der Waals surface area contributed by atoms with E-state index >= 15 is 0 Å². The molecule has 0 amide bonds. The monoisotopic (exact) mass is 291 g/mol. The summed E-state index contributed by atoms with van der Waals surface area (Å²) in [5, 5.41) is 16.2. The zero-order chi connectivity index (χ0) is 15.4. The number of hydrogen-bond donors (Lipinski definition) is 2. The summed E-state index contributed by atoms with van der Waals surface area (Å²) in [5.41, 5.74) is 1.54. The third-order valence-corrected chi connectivity index (χ3v) is 3.10. The largest absolute Gasteiger partial charge is 0.497 e. The molecule has 1 aromatic heterocycles. The molecule has 0 aliphatic carbocycles. The van der Waals surface area contributed by atoms with Crippen molar-refractivity contribution in [3.8, 4) is 11.5 Å². The Kier molecular flexibility index (Phi) is 4.32. The van der Waals surface area contributed by atoms with E-state index in [1.807, 2.05) is 0 Å². The van der Waals surface area contributed by atoms with Gasteiger partial charge in [0.1, 0.15) is 17.1 Å². The first-order chi connectivity index (χ1) is 10.0. The van der Waals surface area contributed by atoms with Crippen LogP contribution in [0.2, 0.25) is 0 Å². The molecule has 1 heterocycles. The van der Waals surface area contributed by atoms with Crippen LogP contribution in [-0.4, -0.2) is 35.1 Å². The van der Waals surface area contributed by atoms with Gasteiger partial charge < -0.3 is 19.9 Å². The van der Waals surface area contributed by atoms with E-state index in [1.54, 1.807) is 39.5 Å². The lowest BCUT2D eigenvalue weighted by molar-refractivity contribution is 0.0695. The third-order valence-electron chi connectivity index (χ3n) is 3.10. The number of carboxylic acid groups (broad SMARTS) is 1. The second-order valence-electron chi connectivity index (χ2n) is 4.39. The van der Waals surface area contributed by atoms with Crippen molar-refractivity contribution in [1.82, 2.24) is 9.78 Å². The molecule has 2 N–H and O–H groups in total. The second-order valence-corrected chi connectivity index (χ2v) is 4.39. The number of aromatic carboxylic acids is 1. The van der Waals surface area contributed by atoms with Gasteiger partial charge in [0.05, 0.1) is 32.7 Å². The van der Waals surface area contributed by atoms with Crippen molar-refractivity contribution in [3.63, 3.8) is 0 Å². The Balaban J connectivity index is 2.20. The molecule has 21 heavy (non-hydrogen) atoms. The number of ether oxygens (including phenoxy) is 2. The minimum Gasteiger partial charge on any atom is -0.497 e. The number of aryl methyl sites for hydroxylation is 1. The molecule has 0 aliphatic rings. The molecule has 2 rings (SSSR count). The maximum atomic E-state index is 11.1. The third kappa shape index (κ3) is 3.25. The summed E-state index contributed by atoms with van der Waals surface area (Å²) in [6.45, 7) is 0.328. The number of rotatable bonds is 6. The van der Waals surface area contributed by atoms with Crippen LogP contribution < -0.4 is 14.8 Å². The van der Waals surface area contributed by atoms with Crippen molar-refractivity contribution in [2.75, 3.05) is 19.5 Å². The average Bonchev–Trinajstić information content (AvgIpc) is 2.85. The van der Waals surface area contributed by atoms with E-state index in [9.17, 15) is 4.79 Å². The number of nitrogens with one attached hydrogen (secondary N) is 1. The van der Waals surface area contributed by atoms with Crippen molar-refractivity contribution in [1.29, 1.82) is 0 Å². The van der Waals surface area contributed by atoms with Crippen molar-refractivity contribution in [2.45, 2.75) is 6.54 Å². The number of carboxylic acids is 1. The van der Waals surface area contributed by atoms with Gasteiger partial charge in [0.25, 0.3) is 0 Å². The Morgan fingerprint density at radius 3 is 2.43 bits per heavy atom. The predicted octanol–water partition coefficient (Wildman–Crippen LogP) is 1.75. The Morgan fingerprint density at radius 1 is 1.29 bits per heavy atom. The smallest absolute Gasteiger partial charge is 0.339 e. The fourth-order valence-electron chi connectivity index (χ4n) is 1.95. The molecule has 7 heteroatoms. The lowest BCUT2D eigenvalue weighted by atomic mass is 10.2. The summed E-state index contributed by atoms with van der Waals surface area (Å²) in [5.74, 6) is 0.309. The maximum Gasteiger partial charge on any atom is 0.339 e. The quantitative estimate of drug-likeness (QED) is 0.843. The van der Waals surface area contributed by atoms with Crippen LogP contribution in [0.25, 0.3) is 0 Å². The maximum absolute atomic E-state index is 11.1. The summed E-state index contributed by atoms with van der Waals surface area (Å²) in [4.78, 5) is 11.1. The van der Waals surface area contributed by atoms with Crippen LogP contribution in [0.4, 0.5) is 5.69 Å². The van der Waals surface area contributed by atoms with Crippen molar-refractivity contribution >= 4 is 11.7 Å². The van der Waals surface area contributed by atoms with Crippen LogP contribution in [0.5, 0.6) is 11.5 Å². The highest BCUT2D eigenvalue weighted by atomic mass is 16.5. The van der Waals surface area contributed by atoms with Gasteiger partial charge in [-0.3, -0.25) is 4.68 Å². The van der Waals surface area contributed by atoms with Crippen LogP contribution in [0, 0.1) is 0 Å². The summed E-state index contributed by atoms with van der Waals surface area (Å²) in [7, 11) is 4.85. The van der Waals surface area contributed by atoms with E-state index in [-0.39, 0.29) is 5.56 Å². The Labute approximate surface area is 122 Å². The minimum atomic E-state index is -0.997. The molecule has 0 aliphatic heterocycles. The van der Waals surface area contributed by atoms with Gasteiger partial charge >= 0.3 is 5.97 Å². The lowest BCUT2D eigenvalue weighted by Gasteiger charge is -2.11. The first-order valence-electron chi connectivity index (χ1n) is 6.26. The molecule has 0 unspecified atom stereocenters. The fraction of sp³-hybridized carbons (Fsp3) is 0.286. The van der Waals surface area contributed by atoms with Gasteiger partial charge in [0.2, 0.25) is 0 Å². The van der Waals surface area contributed by atoms with E-state index in [0.717, 1.165) is 5.69 Å². The molecule has 0 fully saturated rings. The summed E-state index contributed by atoms with van der Waals surface area (Å²) >= 11 is 0. The Bertz CT molecular complexity index is 629. The van der Waals surface area contributed by atoms with Gasteiger partial charge in [-0.25, -0.2) is 4.79 Å². The minimum absolute atomic E-state index is 0.180. The highest BCUT2D eigenvalue weighted by Crippen LogP contribution is 2.26. The second kappa shape index (κ2) is 6.17. The first-order valence-corrected chi connectivity index (χ1v) is 6.26. The molecule has 0 spiro atoms. The number of methoxy groups -OCH3 is 2. The standard InChI is InChI=1S/C14H17N3O4/c1-17-13(12(7-16-17)14(18)19)8-15-9-4-10(20-2)6-11(5-9)21-3/h4-7,15H,8H2,1-3H3,(H,18,19). The fourth-order valence-corrected chi connectivity index (χ4v) is 1.95. The number of nitrogens with zero attached hydrogens (tertiary/aromatic N) is 2. The van der Waals surface area contributed by atoms with Gasteiger partial charge in [-0.05, 0) is 0 Å². The molecule has 0 atom stereocenters. The number of hydrogen-bond acceptors (Lipinski definition) is 5. The molecule has 0 saturated carbocycles. The molecule has 0 bridgehead atoms. The number of aromatic nitrogens is 2. The summed E-state index contributed by atoms with van der Waals surface area (Å²) in [6, 6.07) is 5.37. The summed E-state index contributed by atoms with van der Waals surface area (Å²) in [6.07, 6.45) is 1.34. The van der Waals surface area contributed by atoms with Gasteiger partial charge in [0, 0.05) is 30.9 Å². The zero-order valence-electron chi connectivity index (χ0n) is 12.1. The van der Waals surface area contributed by atoms with Crippen LogP contribution in [0.15, 0.2) is 24.4 Å². The van der Waals surface area contributed by atoms with Gasteiger partial charge in [-0.2, -0.15) is 5.10 Å². The van der Waals surface area contributed by atoms with Crippen molar-refractivity contribution in [3.05, 3.63) is 35.7 Å². The van der Waals surface area contributed by atoms with Crippen LogP contribution in [-0.2, 0) is 13.6 Å².